The van der Waals surface area contributed by atoms with Crippen molar-refractivity contribution in [1.29, 1.82) is 0 Å². The first-order valence-electron chi connectivity index (χ1n) is 5.83. The molecule has 0 bridgehead atoms. The van der Waals surface area contributed by atoms with Crippen LogP contribution in [0, 0.1) is 12.7 Å². The molecule has 1 aromatic carbocycles. The highest BCUT2D eigenvalue weighted by molar-refractivity contribution is 5.43. The molecule has 0 aliphatic carbocycles. The lowest BCUT2D eigenvalue weighted by Gasteiger charge is -2.10. The van der Waals surface area contributed by atoms with E-state index in [9.17, 15) is 4.39 Å². The molecular formula is C14H15FN2O. The van der Waals surface area contributed by atoms with Crippen molar-refractivity contribution in [3.8, 4) is 11.5 Å². The van der Waals surface area contributed by atoms with Gasteiger partial charge in [-0.1, -0.05) is 6.07 Å². The van der Waals surface area contributed by atoms with Gasteiger partial charge in [0.25, 0.3) is 0 Å². The van der Waals surface area contributed by atoms with Crippen molar-refractivity contribution in [3.63, 3.8) is 0 Å². The summed E-state index contributed by atoms with van der Waals surface area (Å²) in [6, 6.07) is 8.01. The molecule has 3 nitrogen and oxygen atoms in total. The Balaban J connectivity index is 2.22. The molecular weight excluding hydrogens is 231 g/mol. The quantitative estimate of drug-likeness (QED) is 0.892. The van der Waals surface area contributed by atoms with Crippen LogP contribution in [-0.4, -0.2) is 11.5 Å². The number of nitrogens with one attached hydrogen (secondary N) is 1. The molecule has 0 saturated carbocycles. The normalized spacial score (nSPS) is 10.2. The predicted octanol–water partition coefficient (Wildman–Crippen LogP) is 3.75. The van der Waals surface area contributed by atoms with Crippen LogP contribution in [0.2, 0.25) is 0 Å². The monoisotopic (exact) mass is 246 g/mol. The van der Waals surface area contributed by atoms with Crippen molar-refractivity contribution in [3.05, 3.63) is 47.9 Å². The highest BCUT2D eigenvalue weighted by Gasteiger charge is 2.04. The van der Waals surface area contributed by atoms with Gasteiger partial charge >= 0.3 is 0 Å². The van der Waals surface area contributed by atoms with Crippen molar-refractivity contribution in [2.24, 2.45) is 0 Å². The van der Waals surface area contributed by atoms with Gasteiger partial charge in [-0.2, -0.15) is 0 Å². The summed E-state index contributed by atoms with van der Waals surface area (Å²) in [6.07, 6.45) is 1.65. The summed E-state index contributed by atoms with van der Waals surface area (Å²) >= 11 is 0. The van der Waals surface area contributed by atoms with E-state index in [4.69, 9.17) is 4.74 Å². The van der Waals surface area contributed by atoms with Crippen molar-refractivity contribution in [2.45, 2.75) is 13.8 Å². The molecule has 0 atom stereocenters. The number of pyridine rings is 1. The smallest absolute Gasteiger partial charge is 0.133 e. The molecule has 0 aliphatic heterocycles. The Labute approximate surface area is 106 Å². The Kier molecular flexibility index (Phi) is 3.77. The molecule has 2 rings (SSSR count). The fourth-order valence-electron chi connectivity index (χ4n) is 1.56. The average molecular weight is 246 g/mol. The summed E-state index contributed by atoms with van der Waals surface area (Å²) in [4.78, 5) is 4.15. The summed E-state index contributed by atoms with van der Waals surface area (Å²) in [5, 5.41) is 3.09. The number of anilines is 1. The number of rotatable bonds is 4. The number of hydrogen-bond donors (Lipinski definition) is 1. The number of halogens is 1. The van der Waals surface area contributed by atoms with E-state index in [0.29, 0.717) is 11.5 Å². The van der Waals surface area contributed by atoms with Gasteiger partial charge in [-0.3, -0.25) is 0 Å². The lowest BCUT2D eigenvalue weighted by Crippen LogP contribution is -1.99. The fourth-order valence-corrected chi connectivity index (χ4v) is 1.56. The van der Waals surface area contributed by atoms with Gasteiger partial charge in [0.15, 0.2) is 0 Å². The van der Waals surface area contributed by atoms with Crippen LogP contribution in [0.1, 0.15) is 12.5 Å². The van der Waals surface area contributed by atoms with E-state index in [1.807, 2.05) is 13.8 Å². The Morgan fingerprint density at radius 1 is 1.28 bits per heavy atom. The minimum Gasteiger partial charge on any atom is -0.457 e. The van der Waals surface area contributed by atoms with Crippen molar-refractivity contribution in [1.82, 2.24) is 4.98 Å². The van der Waals surface area contributed by atoms with Crippen molar-refractivity contribution >= 4 is 5.82 Å². The fraction of sp³-hybridized carbons (Fsp3) is 0.214. The molecule has 4 heteroatoms. The Hall–Kier alpha value is -2.10. The van der Waals surface area contributed by atoms with E-state index < -0.39 is 0 Å². The van der Waals surface area contributed by atoms with Gasteiger partial charge in [-0.05, 0) is 31.5 Å². The third-order valence-corrected chi connectivity index (χ3v) is 2.47. The largest absolute Gasteiger partial charge is 0.457 e. The average Bonchev–Trinajstić information content (AvgIpc) is 2.35. The van der Waals surface area contributed by atoms with Crippen LogP contribution >= 0.6 is 0 Å². The molecule has 1 heterocycles. The van der Waals surface area contributed by atoms with E-state index in [1.165, 1.54) is 12.1 Å². The first-order chi connectivity index (χ1) is 8.69. The SMILES string of the molecule is CCNc1cc(Oc2cc(F)ccc2C)ccn1. The third kappa shape index (κ3) is 2.97. The molecule has 0 radical (unpaired) electrons. The first kappa shape index (κ1) is 12.4. The highest BCUT2D eigenvalue weighted by atomic mass is 19.1. The van der Waals surface area contributed by atoms with Crippen LogP contribution in [0.4, 0.5) is 10.2 Å². The second-order valence-electron chi connectivity index (χ2n) is 3.92. The number of hydrogen-bond acceptors (Lipinski definition) is 3. The summed E-state index contributed by atoms with van der Waals surface area (Å²) < 4.78 is 18.8. The molecule has 0 aliphatic rings. The van der Waals surface area contributed by atoms with Crippen LogP contribution in [0.3, 0.4) is 0 Å². The maximum Gasteiger partial charge on any atom is 0.133 e. The van der Waals surface area contributed by atoms with Crippen LogP contribution in [0.25, 0.3) is 0 Å². The van der Waals surface area contributed by atoms with Crippen LogP contribution < -0.4 is 10.1 Å². The molecule has 0 unspecified atom stereocenters. The number of aryl methyl sites for hydroxylation is 1. The topological polar surface area (TPSA) is 34.1 Å². The van der Waals surface area contributed by atoms with Crippen LogP contribution in [-0.2, 0) is 0 Å². The van der Waals surface area contributed by atoms with Gasteiger partial charge in [-0.15, -0.1) is 0 Å². The molecule has 0 saturated heterocycles. The van der Waals surface area contributed by atoms with E-state index >= 15 is 0 Å². The number of aromatic nitrogens is 1. The highest BCUT2D eigenvalue weighted by Crippen LogP contribution is 2.26. The molecule has 2 aromatic rings. The minimum absolute atomic E-state index is 0.309. The summed E-state index contributed by atoms with van der Waals surface area (Å²) in [5.41, 5.74) is 0.887. The number of ether oxygens (including phenoxy) is 1. The maximum absolute atomic E-state index is 13.1. The van der Waals surface area contributed by atoms with Crippen molar-refractivity contribution < 1.29 is 9.13 Å². The molecule has 18 heavy (non-hydrogen) atoms. The van der Waals surface area contributed by atoms with Gasteiger partial charge in [0.2, 0.25) is 0 Å². The molecule has 0 amide bonds. The predicted molar refractivity (Wildman–Crippen MR) is 69.6 cm³/mol. The van der Waals surface area contributed by atoms with Crippen molar-refractivity contribution in [2.75, 3.05) is 11.9 Å². The molecule has 0 fully saturated rings. The lowest BCUT2D eigenvalue weighted by molar-refractivity contribution is 0.472. The summed E-state index contributed by atoms with van der Waals surface area (Å²) in [6.45, 7) is 4.66. The Bertz CT molecular complexity index is 543. The zero-order chi connectivity index (χ0) is 13.0. The zero-order valence-electron chi connectivity index (χ0n) is 10.4. The summed E-state index contributed by atoms with van der Waals surface area (Å²) in [7, 11) is 0. The number of benzene rings is 1. The third-order valence-electron chi connectivity index (χ3n) is 2.47. The minimum atomic E-state index is -0.309. The lowest BCUT2D eigenvalue weighted by atomic mass is 10.2. The second kappa shape index (κ2) is 5.49. The van der Waals surface area contributed by atoms with E-state index in [2.05, 4.69) is 10.3 Å². The standard InChI is InChI=1S/C14H15FN2O/c1-3-16-14-9-12(6-7-17-14)18-13-8-11(15)5-4-10(13)2/h4-9H,3H2,1-2H3,(H,16,17). The molecule has 94 valence electrons. The zero-order valence-corrected chi connectivity index (χ0v) is 10.4. The first-order valence-corrected chi connectivity index (χ1v) is 5.83. The maximum atomic E-state index is 13.1. The molecule has 1 N–H and O–H groups in total. The van der Waals surface area contributed by atoms with Gasteiger partial charge < -0.3 is 10.1 Å². The van der Waals surface area contributed by atoms with Gasteiger partial charge in [-0.25, -0.2) is 9.37 Å². The van der Waals surface area contributed by atoms with Gasteiger partial charge in [0.05, 0.1) is 0 Å². The Morgan fingerprint density at radius 2 is 2.11 bits per heavy atom. The molecule has 0 spiro atoms. The number of nitrogens with zero attached hydrogens (tertiary/aromatic N) is 1. The Morgan fingerprint density at radius 3 is 2.89 bits per heavy atom. The van der Waals surface area contributed by atoms with Gasteiger partial charge in [0, 0.05) is 24.9 Å². The second-order valence-corrected chi connectivity index (χ2v) is 3.92. The van der Waals surface area contributed by atoms with E-state index in [-0.39, 0.29) is 5.82 Å². The summed E-state index contributed by atoms with van der Waals surface area (Å²) in [5.74, 6) is 1.58. The van der Waals surface area contributed by atoms with Crippen LogP contribution in [0.5, 0.6) is 11.5 Å². The van der Waals surface area contributed by atoms with E-state index in [0.717, 1.165) is 17.9 Å². The van der Waals surface area contributed by atoms with Gasteiger partial charge in [0.1, 0.15) is 23.1 Å². The van der Waals surface area contributed by atoms with Crippen LogP contribution in [0.15, 0.2) is 36.5 Å². The van der Waals surface area contributed by atoms with E-state index in [1.54, 1.807) is 24.4 Å². The molecule has 1 aromatic heterocycles.